The summed E-state index contributed by atoms with van der Waals surface area (Å²) in [7, 11) is 2.00. The van der Waals surface area contributed by atoms with Crippen molar-refractivity contribution in [1.29, 1.82) is 0 Å². The molecule has 0 fully saturated rings. The summed E-state index contributed by atoms with van der Waals surface area (Å²) in [6.45, 7) is 1.98. The maximum atomic E-state index is 13.6. The second-order valence-corrected chi connectivity index (χ2v) is 4.64. The van der Waals surface area contributed by atoms with Crippen molar-refractivity contribution in [2.45, 2.75) is 13.5 Å². The average molecular weight is 263 g/mol. The molecule has 0 amide bonds. The van der Waals surface area contributed by atoms with Crippen LogP contribution in [-0.2, 0) is 6.61 Å². The molecule has 0 bridgehead atoms. The third kappa shape index (κ3) is 2.85. The molecule has 2 rings (SSSR count). The van der Waals surface area contributed by atoms with Crippen LogP contribution in [0.25, 0.3) is 0 Å². The molecule has 0 N–H and O–H groups in total. The van der Waals surface area contributed by atoms with E-state index in [0.717, 1.165) is 11.0 Å². The molecule has 4 heteroatoms. The fourth-order valence-electron chi connectivity index (χ4n) is 1.64. The number of benzene rings is 2. The minimum Gasteiger partial charge on any atom is -0.489 e. The Morgan fingerprint density at radius 1 is 1.17 bits per heavy atom. The van der Waals surface area contributed by atoms with E-state index in [4.69, 9.17) is 16.3 Å². The Morgan fingerprint density at radius 3 is 2.50 bits per heavy atom. The molecular weight excluding hydrogens is 249 g/mol. The first-order chi connectivity index (χ1) is 8.58. The lowest BCUT2D eigenvalue weighted by Gasteiger charge is -2.10. The van der Waals surface area contributed by atoms with Gasteiger partial charge in [0.05, 0.1) is 5.02 Å². The smallest absolute Gasteiger partial charge is 0.139 e. The molecular formula is C14H13BClFO. The molecule has 0 aliphatic rings. The summed E-state index contributed by atoms with van der Waals surface area (Å²) < 4.78 is 19.2. The lowest BCUT2D eigenvalue weighted by atomic mass is 9.97. The molecule has 0 spiro atoms. The molecule has 92 valence electrons. The van der Waals surface area contributed by atoms with E-state index in [1.165, 1.54) is 6.07 Å². The van der Waals surface area contributed by atoms with E-state index in [0.29, 0.717) is 16.3 Å². The van der Waals surface area contributed by atoms with Gasteiger partial charge < -0.3 is 4.74 Å². The van der Waals surface area contributed by atoms with Gasteiger partial charge in [-0.2, -0.15) is 0 Å². The Labute approximate surface area is 112 Å². The Morgan fingerprint density at radius 2 is 1.83 bits per heavy atom. The number of hydrogen-bond donors (Lipinski definition) is 0. The first-order valence-electron chi connectivity index (χ1n) is 5.71. The first kappa shape index (κ1) is 13.0. The van der Waals surface area contributed by atoms with E-state index in [-0.39, 0.29) is 12.4 Å². The number of aryl methyl sites for hydroxylation is 1. The molecule has 0 aromatic heterocycles. The van der Waals surface area contributed by atoms with Crippen molar-refractivity contribution in [1.82, 2.24) is 0 Å². The highest BCUT2D eigenvalue weighted by Gasteiger charge is 2.10. The number of halogens is 2. The van der Waals surface area contributed by atoms with Crippen molar-refractivity contribution in [2.24, 2.45) is 0 Å². The summed E-state index contributed by atoms with van der Waals surface area (Å²) in [5, 5.41) is 0.433. The molecule has 18 heavy (non-hydrogen) atoms. The first-order valence-corrected chi connectivity index (χ1v) is 6.08. The summed E-state index contributed by atoms with van der Waals surface area (Å²) in [6, 6.07) is 10.7. The quantitative estimate of drug-likeness (QED) is 0.773. The number of ether oxygens (including phenoxy) is 1. The van der Waals surface area contributed by atoms with Gasteiger partial charge in [0.1, 0.15) is 26.0 Å². The van der Waals surface area contributed by atoms with Crippen molar-refractivity contribution in [2.75, 3.05) is 0 Å². The van der Waals surface area contributed by atoms with Gasteiger partial charge in [0.2, 0.25) is 0 Å². The predicted molar refractivity (Wildman–Crippen MR) is 75.1 cm³/mol. The minimum absolute atomic E-state index is 0.134. The average Bonchev–Trinajstić information content (AvgIpc) is 2.36. The van der Waals surface area contributed by atoms with E-state index in [2.05, 4.69) is 0 Å². The normalized spacial score (nSPS) is 10.4. The zero-order valence-corrected chi connectivity index (χ0v) is 11.1. The van der Waals surface area contributed by atoms with Crippen LogP contribution < -0.4 is 10.2 Å². The summed E-state index contributed by atoms with van der Waals surface area (Å²) in [5.74, 6) is 0.371. The van der Waals surface area contributed by atoms with Crippen LogP contribution in [-0.4, -0.2) is 7.85 Å². The monoisotopic (exact) mass is 262 g/mol. The third-order valence-electron chi connectivity index (χ3n) is 2.78. The summed E-state index contributed by atoms with van der Waals surface area (Å²) >= 11 is 6.07. The fourth-order valence-corrected chi connectivity index (χ4v) is 1.84. The molecule has 2 aromatic rings. The Hall–Kier alpha value is -1.48. The Kier molecular flexibility index (Phi) is 3.92. The van der Waals surface area contributed by atoms with E-state index in [1.54, 1.807) is 6.07 Å². The van der Waals surface area contributed by atoms with E-state index in [9.17, 15) is 4.39 Å². The van der Waals surface area contributed by atoms with Crippen LogP contribution in [0.4, 0.5) is 4.39 Å². The van der Waals surface area contributed by atoms with Crippen LogP contribution in [0, 0.1) is 12.7 Å². The SMILES string of the molecule is Bc1ccc(OCc2c(F)ccc(C)c2Cl)cc1. The van der Waals surface area contributed by atoms with Crippen LogP contribution in [0.5, 0.6) is 5.75 Å². The maximum Gasteiger partial charge on any atom is 0.139 e. The van der Waals surface area contributed by atoms with Crippen molar-refractivity contribution < 1.29 is 9.13 Å². The molecule has 0 aliphatic heterocycles. The topological polar surface area (TPSA) is 9.23 Å². The zero-order valence-electron chi connectivity index (χ0n) is 10.3. The second-order valence-electron chi connectivity index (χ2n) is 4.26. The molecule has 1 nitrogen and oxygen atoms in total. The van der Waals surface area contributed by atoms with Crippen molar-refractivity contribution in [3.05, 3.63) is 58.4 Å². The molecule has 0 atom stereocenters. The lowest BCUT2D eigenvalue weighted by Crippen LogP contribution is -2.03. The zero-order chi connectivity index (χ0) is 13.1. The van der Waals surface area contributed by atoms with Gasteiger partial charge in [0.25, 0.3) is 0 Å². The predicted octanol–water partition coefficient (Wildman–Crippen LogP) is 2.62. The highest BCUT2D eigenvalue weighted by Crippen LogP contribution is 2.24. The lowest BCUT2D eigenvalue weighted by molar-refractivity contribution is 0.300. The molecule has 0 unspecified atom stereocenters. The van der Waals surface area contributed by atoms with Gasteiger partial charge in [0.15, 0.2) is 0 Å². The molecule has 2 aromatic carbocycles. The maximum absolute atomic E-state index is 13.6. The largest absolute Gasteiger partial charge is 0.489 e. The summed E-state index contributed by atoms with van der Waals surface area (Å²) in [4.78, 5) is 0. The van der Waals surface area contributed by atoms with Gasteiger partial charge in [0, 0.05) is 5.56 Å². The van der Waals surface area contributed by atoms with E-state index < -0.39 is 0 Å². The van der Waals surface area contributed by atoms with Crippen molar-refractivity contribution >= 4 is 24.9 Å². The molecule has 0 radical (unpaired) electrons. The second kappa shape index (κ2) is 5.45. The van der Waals surface area contributed by atoms with Gasteiger partial charge in [-0.15, -0.1) is 0 Å². The van der Waals surface area contributed by atoms with Gasteiger partial charge in [-0.3, -0.25) is 0 Å². The van der Waals surface area contributed by atoms with E-state index in [1.807, 2.05) is 39.0 Å². The van der Waals surface area contributed by atoms with Crippen LogP contribution in [0.15, 0.2) is 36.4 Å². The third-order valence-corrected chi connectivity index (χ3v) is 3.31. The van der Waals surface area contributed by atoms with E-state index >= 15 is 0 Å². The Bertz CT molecular complexity index is 554. The molecule has 0 aliphatic carbocycles. The van der Waals surface area contributed by atoms with Gasteiger partial charge >= 0.3 is 0 Å². The highest BCUT2D eigenvalue weighted by molar-refractivity contribution is 6.32. The van der Waals surface area contributed by atoms with Crippen molar-refractivity contribution in [3.8, 4) is 5.75 Å². The van der Waals surface area contributed by atoms with Crippen LogP contribution in [0.3, 0.4) is 0 Å². The summed E-state index contributed by atoms with van der Waals surface area (Å²) in [6.07, 6.45) is 0. The van der Waals surface area contributed by atoms with Crippen LogP contribution >= 0.6 is 11.6 Å². The standard InChI is InChI=1S/C14H13BClFO/c1-9-2-7-13(17)12(14(9)16)8-18-11-5-3-10(15)4-6-11/h2-7H,8,15H2,1H3. The van der Waals surface area contributed by atoms with Crippen LogP contribution in [0.2, 0.25) is 5.02 Å². The minimum atomic E-state index is -0.335. The molecule has 0 saturated heterocycles. The van der Waals surface area contributed by atoms with Crippen molar-refractivity contribution in [3.63, 3.8) is 0 Å². The number of hydrogen-bond acceptors (Lipinski definition) is 1. The number of rotatable bonds is 3. The summed E-state index contributed by atoms with van der Waals surface area (Å²) in [5.41, 5.74) is 2.40. The van der Waals surface area contributed by atoms with Gasteiger partial charge in [-0.25, -0.2) is 4.39 Å². The molecule has 0 heterocycles. The van der Waals surface area contributed by atoms with Crippen LogP contribution in [0.1, 0.15) is 11.1 Å². The van der Waals surface area contributed by atoms with Gasteiger partial charge in [-0.05, 0) is 30.7 Å². The van der Waals surface area contributed by atoms with Gasteiger partial charge in [-0.1, -0.05) is 35.3 Å². The fraction of sp³-hybridized carbons (Fsp3) is 0.143. The molecule has 0 saturated carbocycles. The highest BCUT2D eigenvalue weighted by atomic mass is 35.5. The Balaban J connectivity index is 2.15.